The molecule has 0 bridgehead atoms. The first kappa shape index (κ1) is 20.1. The van der Waals surface area contributed by atoms with Crippen molar-refractivity contribution in [3.05, 3.63) is 72.4 Å². The van der Waals surface area contributed by atoms with Gasteiger partial charge in [-0.15, -0.1) is 0 Å². The molecule has 0 radical (unpaired) electrons. The second kappa shape index (κ2) is 8.74. The first-order chi connectivity index (χ1) is 15.7. The van der Waals surface area contributed by atoms with Crippen molar-refractivity contribution in [1.29, 1.82) is 0 Å². The van der Waals surface area contributed by atoms with Crippen LogP contribution in [0.2, 0.25) is 0 Å². The molecule has 3 heterocycles. The van der Waals surface area contributed by atoms with Gasteiger partial charge < -0.3 is 15.6 Å². The summed E-state index contributed by atoms with van der Waals surface area (Å²) < 4.78 is 14.6. The Bertz CT molecular complexity index is 1240. The highest BCUT2D eigenvalue weighted by Gasteiger charge is 2.28. The Morgan fingerprint density at radius 2 is 1.84 bits per heavy atom. The van der Waals surface area contributed by atoms with Crippen LogP contribution in [-0.4, -0.2) is 37.9 Å². The summed E-state index contributed by atoms with van der Waals surface area (Å²) in [6.45, 7) is 0. The van der Waals surface area contributed by atoms with Crippen LogP contribution in [0.3, 0.4) is 0 Å². The van der Waals surface area contributed by atoms with E-state index in [9.17, 15) is 9.18 Å². The number of benzene rings is 1. The van der Waals surface area contributed by atoms with E-state index >= 15 is 0 Å². The molecular weight excluding hydrogens is 407 g/mol. The van der Waals surface area contributed by atoms with Crippen LogP contribution in [0.4, 0.5) is 10.2 Å². The normalized spacial score (nSPS) is 18.4. The number of fused-ring (bicyclic) bond motifs is 1. The van der Waals surface area contributed by atoms with Crippen LogP contribution in [0.1, 0.15) is 36.0 Å². The van der Waals surface area contributed by atoms with Gasteiger partial charge in [0.25, 0.3) is 5.91 Å². The molecule has 162 valence electrons. The SMILES string of the molecule is O=C(N[C@H]1CCCC[C@H]1Nc1nc(-c2c[nH]c3ncccc23)ncc1F)c1ccccc1. The lowest BCUT2D eigenvalue weighted by molar-refractivity contribution is 0.0923. The van der Waals surface area contributed by atoms with E-state index in [2.05, 4.69) is 30.6 Å². The molecule has 2 atom stereocenters. The molecular formula is C24H23FN6O. The quantitative estimate of drug-likeness (QED) is 0.438. The molecule has 1 saturated carbocycles. The lowest BCUT2D eigenvalue weighted by Crippen LogP contribution is -2.48. The monoisotopic (exact) mass is 430 g/mol. The number of carbonyl (C=O) groups excluding carboxylic acids is 1. The number of anilines is 1. The zero-order chi connectivity index (χ0) is 21.9. The van der Waals surface area contributed by atoms with Crippen molar-refractivity contribution >= 4 is 22.8 Å². The number of nitrogens with zero attached hydrogens (tertiary/aromatic N) is 3. The summed E-state index contributed by atoms with van der Waals surface area (Å²) in [5.41, 5.74) is 2.09. The maximum Gasteiger partial charge on any atom is 0.251 e. The molecule has 7 nitrogen and oxygen atoms in total. The first-order valence-corrected chi connectivity index (χ1v) is 10.8. The molecule has 3 N–H and O–H groups in total. The fourth-order valence-corrected chi connectivity index (χ4v) is 4.23. The standard InChI is InChI=1S/C24H23FN6O/c25-18-14-28-22(17-13-27-21-16(17)9-6-12-26-21)31-23(18)29-19-10-4-5-11-20(19)30-24(32)15-7-2-1-3-8-15/h1-3,6-9,12-14,19-20H,4-5,10-11H2,(H,26,27)(H,30,32)(H,28,29,31)/t19-,20+/m1/s1. The maximum absolute atomic E-state index is 14.6. The van der Waals surface area contributed by atoms with Crippen LogP contribution in [0.15, 0.2) is 61.1 Å². The largest absolute Gasteiger partial charge is 0.363 e. The van der Waals surface area contributed by atoms with Gasteiger partial charge in [0.15, 0.2) is 17.5 Å². The number of H-pyrrole nitrogens is 1. The third-order valence-electron chi connectivity index (χ3n) is 5.88. The van der Waals surface area contributed by atoms with Crippen LogP contribution < -0.4 is 10.6 Å². The predicted octanol–water partition coefficient (Wildman–Crippen LogP) is 4.31. The number of aromatic amines is 1. The van der Waals surface area contributed by atoms with Gasteiger partial charge in [-0.1, -0.05) is 31.0 Å². The van der Waals surface area contributed by atoms with Crippen LogP contribution in [0.5, 0.6) is 0 Å². The fourth-order valence-electron chi connectivity index (χ4n) is 4.23. The number of hydrogen-bond donors (Lipinski definition) is 3. The molecule has 32 heavy (non-hydrogen) atoms. The second-order valence-corrected chi connectivity index (χ2v) is 7.97. The number of hydrogen-bond acceptors (Lipinski definition) is 5. The minimum absolute atomic E-state index is 0.119. The second-order valence-electron chi connectivity index (χ2n) is 7.97. The summed E-state index contributed by atoms with van der Waals surface area (Å²) in [6, 6.07) is 12.6. The van der Waals surface area contributed by atoms with Crippen molar-refractivity contribution in [1.82, 2.24) is 25.3 Å². The highest BCUT2D eigenvalue weighted by Crippen LogP contribution is 2.28. The van der Waals surface area contributed by atoms with Gasteiger partial charge in [-0.05, 0) is 37.1 Å². The van der Waals surface area contributed by atoms with E-state index in [1.54, 1.807) is 24.5 Å². The molecule has 0 aliphatic heterocycles. The van der Waals surface area contributed by atoms with Gasteiger partial charge in [-0.25, -0.2) is 19.3 Å². The van der Waals surface area contributed by atoms with E-state index in [-0.39, 0.29) is 23.8 Å². The summed E-state index contributed by atoms with van der Waals surface area (Å²) in [4.78, 5) is 28.7. The molecule has 1 fully saturated rings. The van der Waals surface area contributed by atoms with Crippen molar-refractivity contribution in [3.8, 4) is 11.4 Å². The summed E-state index contributed by atoms with van der Waals surface area (Å²) >= 11 is 0. The van der Waals surface area contributed by atoms with Crippen LogP contribution in [0, 0.1) is 5.82 Å². The zero-order valence-corrected chi connectivity index (χ0v) is 17.4. The first-order valence-electron chi connectivity index (χ1n) is 10.8. The number of pyridine rings is 1. The Kier molecular flexibility index (Phi) is 5.49. The molecule has 8 heteroatoms. The molecule has 4 aromatic rings. The summed E-state index contributed by atoms with van der Waals surface area (Å²) in [5.74, 6) is -0.0993. The topological polar surface area (TPSA) is 95.6 Å². The van der Waals surface area contributed by atoms with E-state index in [0.717, 1.165) is 42.3 Å². The van der Waals surface area contributed by atoms with Gasteiger partial charge >= 0.3 is 0 Å². The molecule has 1 amide bonds. The number of amides is 1. The Balaban J connectivity index is 1.38. The highest BCUT2D eigenvalue weighted by molar-refractivity contribution is 5.94. The third kappa shape index (κ3) is 4.03. The van der Waals surface area contributed by atoms with Gasteiger partial charge in [-0.3, -0.25) is 4.79 Å². The molecule has 1 aliphatic rings. The van der Waals surface area contributed by atoms with Gasteiger partial charge in [0.1, 0.15) is 5.65 Å². The van der Waals surface area contributed by atoms with Crippen molar-refractivity contribution in [2.24, 2.45) is 0 Å². The molecule has 0 unspecified atom stereocenters. The van der Waals surface area contributed by atoms with Crippen molar-refractivity contribution in [2.75, 3.05) is 5.32 Å². The Morgan fingerprint density at radius 3 is 2.69 bits per heavy atom. The fraction of sp³-hybridized carbons (Fsp3) is 0.250. The molecule has 0 spiro atoms. The average molecular weight is 430 g/mol. The van der Waals surface area contributed by atoms with Crippen LogP contribution in [0.25, 0.3) is 22.4 Å². The molecule has 5 rings (SSSR count). The number of aromatic nitrogens is 4. The van der Waals surface area contributed by atoms with Gasteiger partial charge in [0.2, 0.25) is 0 Å². The van der Waals surface area contributed by atoms with Crippen molar-refractivity contribution < 1.29 is 9.18 Å². The lowest BCUT2D eigenvalue weighted by Gasteiger charge is -2.33. The minimum atomic E-state index is -0.523. The summed E-state index contributed by atoms with van der Waals surface area (Å²) in [5, 5.41) is 7.22. The number of nitrogens with one attached hydrogen (secondary N) is 3. The highest BCUT2D eigenvalue weighted by atomic mass is 19.1. The number of halogens is 1. The Hall–Kier alpha value is -3.81. The van der Waals surface area contributed by atoms with Crippen molar-refractivity contribution in [3.63, 3.8) is 0 Å². The van der Waals surface area contributed by atoms with E-state index < -0.39 is 5.82 Å². The predicted molar refractivity (Wildman–Crippen MR) is 121 cm³/mol. The lowest BCUT2D eigenvalue weighted by atomic mass is 9.90. The van der Waals surface area contributed by atoms with Crippen LogP contribution in [-0.2, 0) is 0 Å². The van der Waals surface area contributed by atoms with E-state index in [0.29, 0.717) is 11.4 Å². The van der Waals surface area contributed by atoms with E-state index in [1.807, 2.05) is 30.3 Å². The molecule has 0 saturated heterocycles. The molecule has 1 aromatic carbocycles. The summed E-state index contributed by atoms with van der Waals surface area (Å²) in [6.07, 6.45) is 8.31. The van der Waals surface area contributed by atoms with Gasteiger partial charge in [-0.2, -0.15) is 0 Å². The molecule has 1 aliphatic carbocycles. The Labute approximate surface area is 184 Å². The van der Waals surface area contributed by atoms with Gasteiger partial charge in [0, 0.05) is 41.0 Å². The maximum atomic E-state index is 14.6. The Morgan fingerprint density at radius 1 is 1.03 bits per heavy atom. The van der Waals surface area contributed by atoms with Crippen LogP contribution >= 0.6 is 0 Å². The third-order valence-corrected chi connectivity index (χ3v) is 5.88. The number of rotatable bonds is 5. The minimum Gasteiger partial charge on any atom is -0.363 e. The van der Waals surface area contributed by atoms with E-state index in [1.165, 1.54) is 6.20 Å². The number of carbonyl (C=O) groups is 1. The van der Waals surface area contributed by atoms with E-state index in [4.69, 9.17) is 0 Å². The zero-order valence-electron chi connectivity index (χ0n) is 17.4. The molecule has 3 aromatic heterocycles. The van der Waals surface area contributed by atoms with Gasteiger partial charge in [0.05, 0.1) is 6.20 Å². The summed E-state index contributed by atoms with van der Waals surface area (Å²) in [7, 11) is 0. The smallest absolute Gasteiger partial charge is 0.251 e. The van der Waals surface area contributed by atoms with Crippen molar-refractivity contribution in [2.45, 2.75) is 37.8 Å². The average Bonchev–Trinajstić information content (AvgIpc) is 3.26.